The Kier molecular flexibility index (Phi) is 6.43. The average molecular weight is 364 g/mol. The van der Waals surface area contributed by atoms with Crippen LogP contribution >= 0.6 is 0 Å². The molecule has 0 aromatic rings. The molecule has 6 nitrogen and oxygen atoms in total. The summed E-state index contributed by atoms with van der Waals surface area (Å²) in [6.45, 7) is 8.96. The molecule has 3 aliphatic rings. The molecule has 0 bridgehead atoms. The molecule has 2 atom stereocenters. The lowest BCUT2D eigenvalue weighted by Gasteiger charge is -2.48. The molecule has 2 saturated heterocycles. The lowest BCUT2D eigenvalue weighted by atomic mass is 9.83. The van der Waals surface area contributed by atoms with Gasteiger partial charge in [-0.25, -0.2) is 4.99 Å². The van der Waals surface area contributed by atoms with E-state index in [2.05, 4.69) is 34.0 Å². The summed E-state index contributed by atoms with van der Waals surface area (Å²) in [5, 5.41) is 3.52. The lowest BCUT2D eigenvalue weighted by Crippen LogP contribution is -2.57. The first-order valence-corrected chi connectivity index (χ1v) is 10.4. The van der Waals surface area contributed by atoms with Gasteiger partial charge in [0.2, 0.25) is 5.91 Å². The number of nitrogens with one attached hydrogen (secondary N) is 1. The Morgan fingerprint density at radius 1 is 1.19 bits per heavy atom. The molecule has 2 heterocycles. The molecule has 0 radical (unpaired) electrons. The van der Waals surface area contributed by atoms with Crippen LogP contribution in [-0.4, -0.2) is 85.5 Å². The second-order valence-electron chi connectivity index (χ2n) is 8.88. The normalized spacial score (nSPS) is 27.4. The van der Waals surface area contributed by atoms with Gasteiger partial charge in [0, 0.05) is 45.8 Å². The van der Waals surface area contributed by atoms with Gasteiger partial charge >= 0.3 is 0 Å². The highest BCUT2D eigenvalue weighted by Gasteiger charge is 2.42. The zero-order valence-electron chi connectivity index (χ0n) is 17.1. The second-order valence-corrected chi connectivity index (χ2v) is 8.88. The van der Waals surface area contributed by atoms with Crippen molar-refractivity contribution in [1.82, 2.24) is 20.0 Å². The molecule has 0 aromatic heterocycles. The first kappa shape index (κ1) is 19.5. The van der Waals surface area contributed by atoms with E-state index in [1.54, 1.807) is 19.0 Å². The molecule has 26 heavy (non-hydrogen) atoms. The van der Waals surface area contributed by atoms with Crippen LogP contribution in [0.25, 0.3) is 0 Å². The van der Waals surface area contributed by atoms with Gasteiger partial charge in [-0.05, 0) is 50.5 Å². The minimum atomic E-state index is 0.0568. The maximum Gasteiger partial charge on any atom is 0.243 e. The molecule has 1 N–H and O–H groups in total. The van der Waals surface area contributed by atoms with Gasteiger partial charge < -0.3 is 15.1 Å². The number of piperidine rings is 2. The number of hydrogen-bond donors (Lipinski definition) is 1. The third-order valence-corrected chi connectivity index (χ3v) is 5.96. The van der Waals surface area contributed by atoms with E-state index in [9.17, 15) is 4.79 Å². The lowest BCUT2D eigenvalue weighted by molar-refractivity contribution is -0.127. The number of likely N-dealkylation sites (N-methyl/N-ethyl adjacent to an activating group) is 1. The number of carbonyl (C=O) groups excluding carboxylic acids is 1. The Labute approximate surface area is 159 Å². The van der Waals surface area contributed by atoms with Crippen molar-refractivity contribution < 1.29 is 4.79 Å². The first-order chi connectivity index (χ1) is 12.5. The van der Waals surface area contributed by atoms with Gasteiger partial charge in [0.15, 0.2) is 5.96 Å². The van der Waals surface area contributed by atoms with Gasteiger partial charge in [-0.2, -0.15) is 0 Å². The average Bonchev–Trinajstić information content (AvgIpc) is 3.45. The maximum absolute atomic E-state index is 12.0. The van der Waals surface area contributed by atoms with Gasteiger partial charge in [-0.1, -0.05) is 13.8 Å². The first-order valence-electron chi connectivity index (χ1n) is 10.4. The van der Waals surface area contributed by atoms with E-state index in [4.69, 9.17) is 0 Å². The quantitative estimate of drug-likeness (QED) is 0.596. The third-order valence-electron chi connectivity index (χ3n) is 5.96. The zero-order chi connectivity index (χ0) is 18.7. The van der Waals surface area contributed by atoms with Crippen molar-refractivity contribution >= 4 is 11.9 Å². The minimum Gasteiger partial charge on any atom is -0.356 e. The van der Waals surface area contributed by atoms with Crippen LogP contribution in [0.4, 0.5) is 0 Å². The third kappa shape index (κ3) is 4.90. The van der Waals surface area contributed by atoms with Gasteiger partial charge in [0.1, 0.15) is 6.54 Å². The summed E-state index contributed by atoms with van der Waals surface area (Å²) >= 11 is 0. The number of amides is 1. The summed E-state index contributed by atoms with van der Waals surface area (Å²) in [6, 6.07) is 1.64. The number of hydrogen-bond acceptors (Lipinski definition) is 3. The van der Waals surface area contributed by atoms with Gasteiger partial charge in [0.05, 0.1) is 0 Å². The summed E-state index contributed by atoms with van der Waals surface area (Å²) < 4.78 is 0. The topological polar surface area (TPSA) is 51.2 Å². The molecule has 2 aliphatic heterocycles. The molecule has 1 amide bonds. The number of nitrogens with zero attached hydrogens (tertiary/aromatic N) is 4. The fraction of sp³-hybridized carbons (Fsp3) is 0.900. The van der Waals surface area contributed by atoms with Crippen molar-refractivity contribution in [2.45, 2.75) is 58.0 Å². The predicted molar refractivity (Wildman–Crippen MR) is 106 cm³/mol. The summed E-state index contributed by atoms with van der Waals surface area (Å²) in [7, 11) is 3.58. The molecule has 3 rings (SSSR count). The van der Waals surface area contributed by atoms with E-state index in [-0.39, 0.29) is 12.5 Å². The van der Waals surface area contributed by atoms with Crippen LogP contribution in [0.2, 0.25) is 0 Å². The largest absolute Gasteiger partial charge is 0.356 e. The molecule has 148 valence electrons. The number of fused-ring (bicyclic) bond motifs is 1. The SMILES string of the molecule is CC(C)CNC(=NCC(=O)N(C)C)N1CCC2C(CCCN2C2CC2)C1. The fourth-order valence-corrected chi connectivity index (χ4v) is 4.34. The van der Waals surface area contributed by atoms with Gasteiger partial charge in [-0.3, -0.25) is 9.69 Å². The summed E-state index contributed by atoms with van der Waals surface area (Å²) in [4.78, 5) is 23.5. The van der Waals surface area contributed by atoms with Crippen molar-refractivity contribution in [3.63, 3.8) is 0 Å². The van der Waals surface area contributed by atoms with Crippen LogP contribution in [0.5, 0.6) is 0 Å². The van der Waals surface area contributed by atoms with Crippen LogP contribution in [-0.2, 0) is 4.79 Å². The minimum absolute atomic E-state index is 0.0568. The van der Waals surface area contributed by atoms with Crippen molar-refractivity contribution in [2.24, 2.45) is 16.8 Å². The Morgan fingerprint density at radius 2 is 1.96 bits per heavy atom. The Balaban J connectivity index is 1.64. The van der Waals surface area contributed by atoms with Crippen LogP contribution in [0.15, 0.2) is 4.99 Å². The molecular weight excluding hydrogens is 326 g/mol. The summed E-state index contributed by atoms with van der Waals surface area (Å²) in [6.07, 6.45) is 6.70. The molecular formula is C20H37N5O. The molecule has 0 spiro atoms. The van der Waals surface area contributed by atoms with Crippen LogP contribution in [0, 0.1) is 11.8 Å². The zero-order valence-corrected chi connectivity index (χ0v) is 17.1. The molecule has 0 aromatic carbocycles. The molecule has 3 fully saturated rings. The highest BCUT2D eigenvalue weighted by atomic mass is 16.2. The van der Waals surface area contributed by atoms with Crippen molar-refractivity contribution in [3.05, 3.63) is 0 Å². The van der Waals surface area contributed by atoms with E-state index in [0.29, 0.717) is 5.92 Å². The Hall–Kier alpha value is -1.30. The highest BCUT2D eigenvalue weighted by molar-refractivity contribution is 5.85. The molecule has 1 saturated carbocycles. The number of aliphatic imine (C=N–C) groups is 1. The van der Waals surface area contributed by atoms with Crippen LogP contribution < -0.4 is 5.32 Å². The number of guanidine groups is 1. The van der Waals surface area contributed by atoms with Crippen LogP contribution in [0.1, 0.15) is 46.0 Å². The van der Waals surface area contributed by atoms with Gasteiger partial charge in [0.25, 0.3) is 0 Å². The predicted octanol–water partition coefficient (Wildman–Crippen LogP) is 1.62. The summed E-state index contributed by atoms with van der Waals surface area (Å²) in [5.74, 6) is 2.29. The van der Waals surface area contributed by atoms with E-state index in [0.717, 1.165) is 43.6 Å². The van der Waals surface area contributed by atoms with Crippen molar-refractivity contribution in [2.75, 3.05) is 46.8 Å². The number of likely N-dealkylation sites (tertiary alicyclic amines) is 2. The van der Waals surface area contributed by atoms with Gasteiger partial charge in [-0.15, -0.1) is 0 Å². The molecule has 2 unspecified atom stereocenters. The van der Waals surface area contributed by atoms with E-state index in [1.165, 1.54) is 38.6 Å². The second kappa shape index (κ2) is 8.59. The molecule has 6 heteroatoms. The van der Waals surface area contributed by atoms with Crippen molar-refractivity contribution in [3.8, 4) is 0 Å². The Bertz CT molecular complexity index is 514. The highest BCUT2D eigenvalue weighted by Crippen LogP contribution is 2.38. The summed E-state index contributed by atoms with van der Waals surface area (Å²) in [5.41, 5.74) is 0. The molecule has 1 aliphatic carbocycles. The fourth-order valence-electron chi connectivity index (χ4n) is 4.34. The van der Waals surface area contributed by atoms with Crippen LogP contribution in [0.3, 0.4) is 0 Å². The smallest absolute Gasteiger partial charge is 0.243 e. The van der Waals surface area contributed by atoms with Crippen molar-refractivity contribution in [1.29, 1.82) is 0 Å². The van der Waals surface area contributed by atoms with E-state index < -0.39 is 0 Å². The van der Waals surface area contributed by atoms with E-state index >= 15 is 0 Å². The monoisotopic (exact) mass is 363 g/mol. The number of carbonyl (C=O) groups is 1. The van der Waals surface area contributed by atoms with E-state index in [1.807, 2.05) is 0 Å². The maximum atomic E-state index is 12.0. The Morgan fingerprint density at radius 3 is 2.62 bits per heavy atom. The standard InChI is InChI=1S/C20H37N5O/c1-15(2)12-21-20(22-13-19(26)23(3)4)24-11-9-18-16(14-24)6-5-10-25(18)17-7-8-17/h15-18H,5-14H2,1-4H3,(H,21,22). The number of rotatable bonds is 5.